The Balaban J connectivity index is 2.32. The van der Waals surface area contributed by atoms with Crippen LogP contribution in [0.25, 0.3) is 0 Å². The summed E-state index contributed by atoms with van der Waals surface area (Å²) in [4.78, 5) is 4.14. The van der Waals surface area contributed by atoms with Crippen LogP contribution in [0.15, 0.2) is 24.4 Å². The third-order valence-corrected chi connectivity index (χ3v) is 1.80. The number of hydrogen-bond acceptors (Lipinski definition) is 3. The molecule has 1 unspecified atom stereocenters. The number of hydrogen-bond donors (Lipinski definition) is 2. The van der Waals surface area contributed by atoms with Crippen LogP contribution in [-0.2, 0) is 6.42 Å². The van der Waals surface area contributed by atoms with Gasteiger partial charge in [-0.2, -0.15) is 0 Å². The van der Waals surface area contributed by atoms with Gasteiger partial charge in [0.2, 0.25) is 0 Å². The normalized spacial score (nSPS) is 12.8. The van der Waals surface area contributed by atoms with Gasteiger partial charge in [0.1, 0.15) is 0 Å². The van der Waals surface area contributed by atoms with E-state index in [1.54, 1.807) is 6.20 Å². The van der Waals surface area contributed by atoms with Crippen molar-refractivity contribution in [3.63, 3.8) is 0 Å². The maximum absolute atomic E-state index is 9.53. The van der Waals surface area contributed by atoms with Crippen LogP contribution in [0.5, 0.6) is 0 Å². The molecule has 0 spiro atoms. The smallest absolute Gasteiger partial charge is 0.0719 e. The molecule has 0 saturated carbocycles. The van der Waals surface area contributed by atoms with E-state index in [0.717, 1.165) is 12.2 Å². The highest BCUT2D eigenvalue weighted by atomic mass is 16.3. The van der Waals surface area contributed by atoms with Crippen LogP contribution in [0, 0.1) is 0 Å². The number of pyridine rings is 1. The molecule has 1 aromatic rings. The Kier molecular flexibility index (Phi) is 4.43. The van der Waals surface area contributed by atoms with Crippen molar-refractivity contribution in [2.75, 3.05) is 13.1 Å². The fourth-order valence-electron chi connectivity index (χ4n) is 1.14. The summed E-state index contributed by atoms with van der Waals surface area (Å²) >= 11 is 0. The molecule has 1 aromatic heterocycles. The number of aromatic nitrogens is 1. The third kappa shape index (κ3) is 4.01. The van der Waals surface area contributed by atoms with Crippen molar-refractivity contribution < 1.29 is 5.11 Å². The molecule has 2 N–H and O–H groups in total. The standard InChI is InChI=1S/C10H16N2O/c1-2-11-8-10(13)7-9-5-3-4-6-12-9/h3-6,10-11,13H,2,7-8H2,1H3. The first-order valence-corrected chi connectivity index (χ1v) is 4.61. The second kappa shape index (κ2) is 5.67. The lowest BCUT2D eigenvalue weighted by molar-refractivity contribution is 0.171. The van der Waals surface area contributed by atoms with E-state index in [4.69, 9.17) is 0 Å². The number of nitrogens with zero attached hydrogens (tertiary/aromatic N) is 1. The molecule has 0 aliphatic carbocycles. The zero-order valence-electron chi connectivity index (χ0n) is 7.90. The van der Waals surface area contributed by atoms with Gasteiger partial charge in [-0.1, -0.05) is 13.0 Å². The average molecular weight is 180 g/mol. The number of likely N-dealkylation sites (N-methyl/N-ethyl adjacent to an activating group) is 1. The summed E-state index contributed by atoms with van der Waals surface area (Å²) in [5, 5.41) is 12.6. The fourth-order valence-corrected chi connectivity index (χ4v) is 1.14. The van der Waals surface area contributed by atoms with Crippen LogP contribution >= 0.6 is 0 Å². The van der Waals surface area contributed by atoms with E-state index in [0.29, 0.717) is 13.0 Å². The lowest BCUT2D eigenvalue weighted by Crippen LogP contribution is -2.28. The summed E-state index contributed by atoms with van der Waals surface area (Å²) in [5.74, 6) is 0. The molecule has 0 aliphatic rings. The average Bonchev–Trinajstić information content (AvgIpc) is 2.16. The summed E-state index contributed by atoms with van der Waals surface area (Å²) in [5.41, 5.74) is 0.938. The third-order valence-electron chi connectivity index (χ3n) is 1.80. The van der Waals surface area contributed by atoms with E-state index in [2.05, 4.69) is 10.3 Å². The molecule has 72 valence electrons. The van der Waals surface area contributed by atoms with Crippen LogP contribution < -0.4 is 5.32 Å². The molecule has 0 fully saturated rings. The van der Waals surface area contributed by atoms with Gasteiger partial charge < -0.3 is 10.4 Å². The predicted octanol–water partition coefficient (Wildman–Crippen LogP) is 0.594. The van der Waals surface area contributed by atoms with Crippen LogP contribution in [0.1, 0.15) is 12.6 Å². The summed E-state index contributed by atoms with van der Waals surface area (Å²) < 4.78 is 0. The molecule has 0 amide bonds. The van der Waals surface area contributed by atoms with Gasteiger partial charge >= 0.3 is 0 Å². The van der Waals surface area contributed by atoms with Crippen molar-refractivity contribution in [2.45, 2.75) is 19.4 Å². The number of rotatable bonds is 5. The van der Waals surface area contributed by atoms with Gasteiger partial charge in [0.25, 0.3) is 0 Å². The minimum absolute atomic E-state index is 0.338. The van der Waals surface area contributed by atoms with Gasteiger partial charge in [-0.3, -0.25) is 4.98 Å². The Morgan fingerprint density at radius 1 is 1.54 bits per heavy atom. The summed E-state index contributed by atoms with van der Waals surface area (Å²) in [7, 11) is 0. The zero-order valence-corrected chi connectivity index (χ0v) is 7.90. The number of aliphatic hydroxyl groups excluding tert-OH is 1. The monoisotopic (exact) mass is 180 g/mol. The maximum Gasteiger partial charge on any atom is 0.0719 e. The maximum atomic E-state index is 9.53. The predicted molar refractivity (Wildman–Crippen MR) is 52.5 cm³/mol. The molecule has 1 rings (SSSR count). The Labute approximate surface area is 78.8 Å². The Morgan fingerprint density at radius 2 is 2.38 bits per heavy atom. The molecular weight excluding hydrogens is 164 g/mol. The minimum atomic E-state index is -0.338. The first kappa shape index (κ1) is 10.2. The van der Waals surface area contributed by atoms with E-state index in [1.807, 2.05) is 25.1 Å². The Morgan fingerprint density at radius 3 is 3.00 bits per heavy atom. The molecule has 3 heteroatoms. The van der Waals surface area contributed by atoms with Crippen LogP contribution in [-0.4, -0.2) is 29.3 Å². The van der Waals surface area contributed by atoms with Crippen LogP contribution in [0.4, 0.5) is 0 Å². The van der Waals surface area contributed by atoms with Crippen molar-refractivity contribution >= 4 is 0 Å². The highest BCUT2D eigenvalue weighted by molar-refractivity contribution is 5.04. The van der Waals surface area contributed by atoms with Gasteiger partial charge in [-0.05, 0) is 18.7 Å². The van der Waals surface area contributed by atoms with Crippen molar-refractivity contribution in [1.29, 1.82) is 0 Å². The number of aliphatic hydroxyl groups is 1. The van der Waals surface area contributed by atoms with E-state index >= 15 is 0 Å². The van der Waals surface area contributed by atoms with Crippen molar-refractivity contribution in [1.82, 2.24) is 10.3 Å². The first-order chi connectivity index (χ1) is 6.33. The number of nitrogens with one attached hydrogen (secondary N) is 1. The summed E-state index contributed by atoms with van der Waals surface area (Å²) in [6, 6.07) is 5.73. The summed E-state index contributed by atoms with van der Waals surface area (Å²) in [6.45, 7) is 3.54. The molecule has 0 aliphatic heterocycles. The molecular formula is C10H16N2O. The zero-order chi connectivity index (χ0) is 9.52. The van der Waals surface area contributed by atoms with Crippen molar-refractivity contribution in [2.24, 2.45) is 0 Å². The molecule has 0 radical (unpaired) electrons. The second-order valence-corrected chi connectivity index (χ2v) is 2.99. The minimum Gasteiger partial charge on any atom is -0.391 e. The first-order valence-electron chi connectivity index (χ1n) is 4.61. The quantitative estimate of drug-likeness (QED) is 0.697. The lowest BCUT2D eigenvalue weighted by Gasteiger charge is -2.09. The summed E-state index contributed by atoms with van der Waals surface area (Å²) in [6.07, 6.45) is 2.03. The van der Waals surface area contributed by atoms with Crippen LogP contribution in [0.2, 0.25) is 0 Å². The Bertz CT molecular complexity index is 226. The van der Waals surface area contributed by atoms with Gasteiger partial charge in [0.15, 0.2) is 0 Å². The van der Waals surface area contributed by atoms with Crippen LogP contribution in [0.3, 0.4) is 0 Å². The van der Waals surface area contributed by atoms with Gasteiger partial charge in [0.05, 0.1) is 6.10 Å². The highest BCUT2D eigenvalue weighted by Gasteiger charge is 2.04. The van der Waals surface area contributed by atoms with Gasteiger partial charge in [-0.25, -0.2) is 0 Å². The van der Waals surface area contributed by atoms with Gasteiger partial charge in [0, 0.05) is 24.9 Å². The molecule has 3 nitrogen and oxygen atoms in total. The molecule has 1 atom stereocenters. The topological polar surface area (TPSA) is 45.1 Å². The highest BCUT2D eigenvalue weighted by Crippen LogP contribution is 1.98. The largest absolute Gasteiger partial charge is 0.391 e. The van der Waals surface area contributed by atoms with E-state index in [1.165, 1.54) is 0 Å². The molecule has 1 heterocycles. The van der Waals surface area contributed by atoms with E-state index < -0.39 is 0 Å². The molecule has 0 bridgehead atoms. The molecule has 0 saturated heterocycles. The SMILES string of the molecule is CCNCC(O)Cc1ccccn1. The van der Waals surface area contributed by atoms with Gasteiger partial charge in [-0.15, -0.1) is 0 Å². The van der Waals surface area contributed by atoms with Crippen molar-refractivity contribution in [3.05, 3.63) is 30.1 Å². The molecule has 0 aromatic carbocycles. The second-order valence-electron chi connectivity index (χ2n) is 2.99. The van der Waals surface area contributed by atoms with Crippen molar-refractivity contribution in [3.8, 4) is 0 Å². The van der Waals surface area contributed by atoms with E-state index in [-0.39, 0.29) is 6.10 Å². The molecule has 13 heavy (non-hydrogen) atoms. The fraction of sp³-hybridized carbons (Fsp3) is 0.500. The lowest BCUT2D eigenvalue weighted by atomic mass is 10.2. The van der Waals surface area contributed by atoms with E-state index in [9.17, 15) is 5.11 Å². The Hall–Kier alpha value is -0.930.